The number of nitrogens with one attached hydrogen (secondary N) is 1. The number of benzene rings is 1. The van der Waals surface area contributed by atoms with Crippen LogP contribution in [0.15, 0.2) is 40.6 Å². The molecule has 138 valence electrons. The average Bonchev–Trinajstić information content (AvgIpc) is 3.02. The molecule has 3 rings (SSSR count). The van der Waals surface area contributed by atoms with Crippen molar-refractivity contribution >= 4 is 43.5 Å². The number of carbonyl (C=O) groups excluding carboxylic acids is 1. The first-order chi connectivity index (χ1) is 12.3. The zero-order chi connectivity index (χ0) is 18.9. The first-order valence-corrected chi connectivity index (χ1v) is 10.6. The van der Waals surface area contributed by atoms with Gasteiger partial charge in [0.05, 0.1) is 4.92 Å². The second kappa shape index (κ2) is 7.04. The summed E-state index contributed by atoms with van der Waals surface area (Å²) in [7, 11) is -3.57. The molecule has 0 radical (unpaired) electrons. The molecule has 0 aliphatic carbocycles. The summed E-state index contributed by atoms with van der Waals surface area (Å²) in [6, 6.07) is 9.57. The largest absolute Gasteiger partial charge is 0.360 e. The molecule has 0 bridgehead atoms. The van der Waals surface area contributed by atoms with Crippen molar-refractivity contribution in [3.63, 3.8) is 0 Å². The maximum Gasteiger partial charge on any atom is 0.304 e. The van der Waals surface area contributed by atoms with E-state index in [9.17, 15) is 23.3 Å². The number of hydrogen-bond acceptors (Lipinski definition) is 7. The van der Waals surface area contributed by atoms with Crippen LogP contribution in [0.4, 0.5) is 16.4 Å². The number of piperidine rings is 1. The van der Waals surface area contributed by atoms with Crippen molar-refractivity contribution < 1.29 is 18.1 Å². The topological polar surface area (TPSA) is 110 Å². The van der Waals surface area contributed by atoms with Crippen molar-refractivity contribution in [3.8, 4) is 0 Å². The number of sulfone groups is 1. The van der Waals surface area contributed by atoms with Gasteiger partial charge in [-0.3, -0.25) is 14.9 Å². The average molecular weight is 395 g/mol. The SMILES string of the molecule is CS(=O)(=O)c1cc([N+](=O)[O-])c(NC2CCCN(c3ccccc3)C2=O)s1. The van der Waals surface area contributed by atoms with E-state index in [1.54, 1.807) is 4.90 Å². The lowest BCUT2D eigenvalue weighted by atomic mass is 10.0. The van der Waals surface area contributed by atoms with E-state index in [1.807, 2.05) is 30.3 Å². The molecule has 1 aromatic carbocycles. The summed E-state index contributed by atoms with van der Waals surface area (Å²) in [5.41, 5.74) is 0.432. The van der Waals surface area contributed by atoms with Crippen LogP contribution in [0.5, 0.6) is 0 Å². The fourth-order valence-corrected chi connectivity index (χ4v) is 4.81. The smallest absolute Gasteiger partial charge is 0.304 e. The van der Waals surface area contributed by atoms with Crippen molar-refractivity contribution in [2.24, 2.45) is 0 Å². The van der Waals surface area contributed by atoms with Crippen LogP contribution in [0.2, 0.25) is 0 Å². The Kier molecular flexibility index (Phi) is 4.97. The second-order valence-corrected chi connectivity index (χ2v) is 9.27. The molecule has 2 aromatic rings. The van der Waals surface area contributed by atoms with Crippen molar-refractivity contribution in [2.75, 3.05) is 23.0 Å². The van der Waals surface area contributed by atoms with Crippen LogP contribution in [-0.2, 0) is 14.6 Å². The maximum absolute atomic E-state index is 12.8. The normalized spacial score (nSPS) is 18.0. The van der Waals surface area contributed by atoms with E-state index in [0.717, 1.165) is 35.8 Å². The predicted molar refractivity (Wildman–Crippen MR) is 99.5 cm³/mol. The van der Waals surface area contributed by atoms with Gasteiger partial charge in [-0.05, 0) is 25.0 Å². The molecule has 1 aromatic heterocycles. The van der Waals surface area contributed by atoms with Crippen LogP contribution >= 0.6 is 11.3 Å². The van der Waals surface area contributed by atoms with Gasteiger partial charge in [0.15, 0.2) is 14.8 Å². The summed E-state index contributed by atoms with van der Waals surface area (Å²) in [5, 5.41) is 14.2. The molecule has 8 nitrogen and oxygen atoms in total. The van der Waals surface area contributed by atoms with Crippen LogP contribution in [0, 0.1) is 10.1 Å². The van der Waals surface area contributed by atoms with Gasteiger partial charge in [0.25, 0.3) is 0 Å². The Labute approximate surface area is 154 Å². The van der Waals surface area contributed by atoms with Crippen molar-refractivity contribution in [1.82, 2.24) is 0 Å². The number of nitrogens with zero attached hydrogens (tertiary/aromatic N) is 2. The van der Waals surface area contributed by atoms with Crippen LogP contribution in [0.1, 0.15) is 12.8 Å². The number of thiophene rings is 1. The van der Waals surface area contributed by atoms with E-state index < -0.39 is 20.8 Å². The molecule has 1 amide bonds. The number of carbonyl (C=O) groups is 1. The predicted octanol–water partition coefficient (Wildman–Crippen LogP) is 2.67. The van der Waals surface area contributed by atoms with Crippen molar-refractivity contribution in [1.29, 1.82) is 0 Å². The van der Waals surface area contributed by atoms with E-state index in [4.69, 9.17) is 0 Å². The van der Waals surface area contributed by atoms with Gasteiger partial charge in [-0.2, -0.15) is 0 Å². The summed E-state index contributed by atoms with van der Waals surface area (Å²) in [4.78, 5) is 25.0. The molecule has 1 unspecified atom stereocenters. The van der Waals surface area contributed by atoms with Crippen LogP contribution < -0.4 is 10.2 Å². The Morgan fingerprint density at radius 3 is 2.62 bits per heavy atom. The highest BCUT2D eigenvalue weighted by atomic mass is 32.2. The monoisotopic (exact) mass is 395 g/mol. The molecule has 26 heavy (non-hydrogen) atoms. The number of amides is 1. The molecule has 0 spiro atoms. The van der Waals surface area contributed by atoms with Gasteiger partial charge in [0.2, 0.25) is 5.91 Å². The minimum atomic E-state index is -3.57. The Morgan fingerprint density at radius 1 is 1.31 bits per heavy atom. The van der Waals surface area contributed by atoms with E-state index >= 15 is 0 Å². The van der Waals surface area contributed by atoms with Gasteiger partial charge < -0.3 is 10.2 Å². The Morgan fingerprint density at radius 2 is 2.00 bits per heavy atom. The highest BCUT2D eigenvalue weighted by molar-refractivity contribution is 7.92. The zero-order valence-electron chi connectivity index (χ0n) is 13.9. The molecule has 1 N–H and O–H groups in total. The number of nitro groups is 1. The fourth-order valence-electron chi connectivity index (χ4n) is 2.81. The molecule has 1 aliphatic rings. The highest BCUT2D eigenvalue weighted by Crippen LogP contribution is 2.38. The van der Waals surface area contributed by atoms with Crippen LogP contribution in [-0.4, -0.2) is 38.1 Å². The zero-order valence-corrected chi connectivity index (χ0v) is 15.5. The van der Waals surface area contributed by atoms with Gasteiger partial charge in [0, 0.05) is 24.6 Å². The lowest BCUT2D eigenvalue weighted by molar-refractivity contribution is -0.383. The first kappa shape index (κ1) is 18.3. The van der Waals surface area contributed by atoms with E-state index in [1.165, 1.54) is 0 Å². The number of rotatable bonds is 5. The quantitative estimate of drug-likeness (QED) is 0.616. The van der Waals surface area contributed by atoms with Gasteiger partial charge in [-0.25, -0.2) is 8.42 Å². The van der Waals surface area contributed by atoms with Crippen LogP contribution in [0.25, 0.3) is 0 Å². The molecule has 1 saturated heterocycles. The Bertz CT molecular complexity index is 940. The summed E-state index contributed by atoms with van der Waals surface area (Å²) in [6.45, 7) is 0.572. The maximum atomic E-state index is 12.8. The molecule has 1 fully saturated rings. The third-order valence-electron chi connectivity index (χ3n) is 4.06. The Balaban J connectivity index is 1.87. The molecular weight excluding hydrogens is 378 g/mol. The fraction of sp³-hybridized carbons (Fsp3) is 0.312. The van der Waals surface area contributed by atoms with Gasteiger partial charge in [-0.15, -0.1) is 0 Å². The van der Waals surface area contributed by atoms with Crippen LogP contribution in [0.3, 0.4) is 0 Å². The Hall–Kier alpha value is -2.46. The minimum absolute atomic E-state index is 0.0867. The third kappa shape index (κ3) is 3.70. The molecule has 2 heterocycles. The minimum Gasteiger partial charge on any atom is -0.360 e. The molecule has 10 heteroatoms. The van der Waals surface area contributed by atoms with E-state index in [0.29, 0.717) is 13.0 Å². The highest BCUT2D eigenvalue weighted by Gasteiger charge is 2.32. The van der Waals surface area contributed by atoms with Crippen molar-refractivity contribution in [3.05, 3.63) is 46.5 Å². The second-order valence-electron chi connectivity index (χ2n) is 5.97. The molecular formula is C16H17N3O5S2. The summed E-state index contributed by atoms with van der Waals surface area (Å²) < 4.78 is 23.3. The number of anilines is 2. The summed E-state index contributed by atoms with van der Waals surface area (Å²) in [5.74, 6) is -0.189. The summed E-state index contributed by atoms with van der Waals surface area (Å²) in [6.07, 6.45) is 2.25. The summed E-state index contributed by atoms with van der Waals surface area (Å²) >= 11 is 0.776. The third-order valence-corrected chi connectivity index (χ3v) is 6.92. The first-order valence-electron chi connectivity index (χ1n) is 7.88. The standard InChI is InChI=1S/C16H17N3O5S2/c1-26(23,24)14-10-13(19(21)22)15(25-14)17-12-8-5-9-18(16(12)20)11-6-3-2-4-7-11/h2-4,6-7,10,12,17H,5,8-9H2,1H3. The lowest BCUT2D eigenvalue weighted by Gasteiger charge is -2.32. The van der Waals surface area contributed by atoms with Crippen molar-refractivity contribution in [2.45, 2.75) is 23.1 Å². The van der Waals surface area contributed by atoms with Gasteiger partial charge in [-0.1, -0.05) is 29.5 Å². The number of hydrogen-bond donors (Lipinski definition) is 1. The van der Waals surface area contributed by atoms with Gasteiger partial charge >= 0.3 is 5.69 Å². The van der Waals surface area contributed by atoms with Gasteiger partial charge in [0.1, 0.15) is 10.3 Å². The number of para-hydroxylation sites is 1. The molecule has 1 atom stereocenters. The lowest BCUT2D eigenvalue weighted by Crippen LogP contribution is -2.47. The molecule has 1 aliphatic heterocycles. The molecule has 0 saturated carbocycles. The van der Waals surface area contributed by atoms with E-state index in [2.05, 4.69) is 5.32 Å². The van der Waals surface area contributed by atoms with E-state index in [-0.39, 0.29) is 20.8 Å².